The quantitative estimate of drug-likeness (QED) is 0.413. The van der Waals surface area contributed by atoms with Crippen LogP contribution in [0.5, 0.6) is 0 Å². The van der Waals surface area contributed by atoms with Crippen molar-refractivity contribution in [3.63, 3.8) is 0 Å². The Hall–Kier alpha value is -1.77. The molecule has 0 bridgehead atoms. The Kier molecular flexibility index (Phi) is 5.65. The fourth-order valence-corrected chi connectivity index (χ4v) is 3.12. The van der Waals surface area contributed by atoms with E-state index in [0.29, 0.717) is 0 Å². The number of benzene rings is 2. The number of imidazole rings is 1. The van der Waals surface area contributed by atoms with E-state index in [1.54, 1.807) is 12.3 Å². The molecule has 1 heterocycles. The molecule has 1 radical (unpaired) electrons. The number of hydrogen-bond donors (Lipinski definition) is 0. The van der Waals surface area contributed by atoms with Crippen LogP contribution in [0, 0.1) is 25.7 Å². The van der Waals surface area contributed by atoms with Crippen LogP contribution in [0.25, 0.3) is 22.5 Å². The molecule has 0 atom stereocenters. The first kappa shape index (κ1) is 19.6. The van der Waals surface area contributed by atoms with Crippen LogP contribution < -0.4 is 0 Å². The van der Waals surface area contributed by atoms with Crippen LogP contribution in [0.4, 0.5) is 4.39 Å². The van der Waals surface area contributed by atoms with Crippen molar-refractivity contribution < 1.29 is 24.5 Å². The van der Waals surface area contributed by atoms with Crippen molar-refractivity contribution >= 4 is 0 Å². The Labute approximate surface area is 162 Å². The second-order valence-corrected chi connectivity index (χ2v) is 7.17. The third-order valence-electron chi connectivity index (χ3n) is 4.24. The Morgan fingerprint density at radius 1 is 1.12 bits per heavy atom. The predicted molar refractivity (Wildman–Crippen MR) is 96.4 cm³/mol. The second-order valence-electron chi connectivity index (χ2n) is 7.17. The third-order valence-corrected chi connectivity index (χ3v) is 4.24. The van der Waals surface area contributed by atoms with E-state index in [0.717, 1.165) is 33.6 Å². The normalized spacial score (nSPS) is 11.3. The van der Waals surface area contributed by atoms with Gasteiger partial charge in [-0.15, -0.1) is 23.8 Å². The van der Waals surface area contributed by atoms with Gasteiger partial charge in [-0.2, -0.15) is 0 Å². The summed E-state index contributed by atoms with van der Waals surface area (Å²) in [4.78, 5) is 4.54. The maximum absolute atomic E-state index is 14.0. The summed E-state index contributed by atoms with van der Waals surface area (Å²) in [5.74, 6) is 0.519. The Bertz CT molecular complexity index is 871. The zero-order valence-corrected chi connectivity index (χ0v) is 17.5. The summed E-state index contributed by atoms with van der Waals surface area (Å²) >= 11 is 0. The van der Waals surface area contributed by atoms with Gasteiger partial charge in [-0.05, 0) is 34.6 Å². The van der Waals surface area contributed by atoms with Crippen molar-refractivity contribution in [2.45, 2.75) is 40.2 Å². The molecule has 133 valence electrons. The number of aromatic nitrogens is 2. The molecule has 0 fully saturated rings. The van der Waals surface area contributed by atoms with Crippen LogP contribution in [0.15, 0.2) is 42.7 Å². The van der Waals surface area contributed by atoms with E-state index in [4.69, 9.17) is 0 Å². The van der Waals surface area contributed by atoms with E-state index in [9.17, 15) is 4.39 Å². The SMILES string of the molecule is Cc1cccc(C)c1-c1cc(F)c[c-]c1-c1nccn1C(C)(C)C.[Ir]. The molecule has 0 N–H and O–H groups in total. The van der Waals surface area contributed by atoms with Crippen LogP contribution in [0.1, 0.15) is 31.9 Å². The first-order valence-electron chi connectivity index (χ1n) is 8.11. The van der Waals surface area contributed by atoms with E-state index in [2.05, 4.69) is 36.4 Å². The van der Waals surface area contributed by atoms with Gasteiger partial charge in [0.1, 0.15) is 0 Å². The summed E-state index contributed by atoms with van der Waals surface area (Å²) < 4.78 is 16.1. The molecule has 0 aliphatic carbocycles. The van der Waals surface area contributed by atoms with Crippen molar-refractivity contribution in [1.29, 1.82) is 0 Å². The van der Waals surface area contributed by atoms with Crippen LogP contribution in [-0.2, 0) is 25.6 Å². The first-order chi connectivity index (χ1) is 11.3. The van der Waals surface area contributed by atoms with Crippen molar-refractivity contribution in [2.24, 2.45) is 0 Å². The van der Waals surface area contributed by atoms with Gasteiger partial charge in [0.2, 0.25) is 0 Å². The summed E-state index contributed by atoms with van der Waals surface area (Å²) in [6.45, 7) is 10.5. The molecule has 2 aromatic carbocycles. The molecule has 25 heavy (non-hydrogen) atoms. The molecule has 4 heteroatoms. The van der Waals surface area contributed by atoms with Gasteiger partial charge < -0.3 is 4.57 Å². The van der Waals surface area contributed by atoms with E-state index < -0.39 is 0 Å². The number of nitrogens with zero attached hydrogens (tertiary/aromatic N) is 2. The molecule has 0 saturated carbocycles. The van der Waals surface area contributed by atoms with Gasteiger partial charge in [-0.3, -0.25) is 9.37 Å². The minimum absolute atomic E-state index is 0. The number of aryl methyl sites for hydroxylation is 2. The Morgan fingerprint density at radius 2 is 1.76 bits per heavy atom. The van der Waals surface area contributed by atoms with Crippen LogP contribution in [-0.4, -0.2) is 9.55 Å². The molecule has 0 aliphatic rings. The zero-order chi connectivity index (χ0) is 17.5. The monoisotopic (exact) mass is 514 g/mol. The van der Waals surface area contributed by atoms with Crippen LogP contribution in [0.2, 0.25) is 0 Å². The van der Waals surface area contributed by atoms with E-state index in [1.807, 2.05) is 38.2 Å². The van der Waals surface area contributed by atoms with Crippen molar-refractivity contribution in [3.05, 3.63) is 65.7 Å². The zero-order valence-electron chi connectivity index (χ0n) is 15.1. The van der Waals surface area contributed by atoms with Gasteiger partial charge in [-0.1, -0.05) is 40.5 Å². The largest absolute Gasteiger partial charge is 0.366 e. The van der Waals surface area contributed by atoms with Gasteiger partial charge >= 0.3 is 0 Å². The molecule has 0 aliphatic heterocycles. The summed E-state index contributed by atoms with van der Waals surface area (Å²) in [6, 6.07) is 12.2. The average molecular weight is 514 g/mol. The molecule has 0 spiro atoms. The van der Waals surface area contributed by atoms with Crippen LogP contribution in [0.3, 0.4) is 0 Å². The topological polar surface area (TPSA) is 17.8 Å². The summed E-state index contributed by atoms with van der Waals surface area (Å²) in [7, 11) is 0. The van der Waals surface area contributed by atoms with Gasteiger partial charge in [0.25, 0.3) is 0 Å². The van der Waals surface area contributed by atoms with Crippen LogP contribution >= 0.6 is 0 Å². The fraction of sp³-hybridized carbons (Fsp3) is 0.286. The van der Waals surface area contributed by atoms with E-state index in [1.165, 1.54) is 6.07 Å². The van der Waals surface area contributed by atoms with Gasteiger partial charge in [0.05, 0.1) is 5.82 Å². The third kappa shape index (κ3) is 3.75. The smallest absolute Gasteiger partial charge is 0.0567 e. The number of hydrogen-bond acceptors (Lipinski definition) is 1. The average Bonchev–Trinajstić information content (AvgIpc) is 2.96. The minimum atomic E-state index is -0.287. The number of rotatable bonds is 2. The van der Waals surface area contributed by atoms with E-state index >= 15 is 0 Å². The first-order valence-corrected chi connectivity index (χ1v) is 8.11. The standard InChI is InChI=1S/C21H22FN2.Ir/c1-14-7-6-8-15(2)19(14)18-13-16(22)9-10-17(18)20-23-11-12-24(20)21(3,4)5;/h6-9,11-13H,1-5H3;/q-1;. The van der Waals surface area contributed by atoms with Gasteiger partial charge in [0, 0.05) is 43.9 Å². The molecule has 0 saturated heterocycles. The number of halogens is 1. The minimum Gasteiger partial charge on any atom is -0.366 e. The molecule has 1 aromatic heterocycles. The molecule has 3 aromatic rings. The summed E-state index contributed by atoms with van der Waals surface area (Å²) in [5.41, 5.74) is 4.82. The molecule has 0 amide bonds. The van der Waals surface area contributed by atoms with Crippen molar-refractivity contribution in [3.8, 4) is 22.5 Å². The van der Waals surface area contributed by atoms with Gasteiger partial charge in [0.15, 0.2) is 0 Å². The van der Waals surface area contributed by atoms with E-state index in [-0.39, 0.29) is 31.5 Å². The molecule has 0 unspecified atom stereocenters. The Balaban J connectivity index is 0.00000225. The fourth-order valence-electron chi connectivity index (χ4n) is 3.12. The second kappa shape index (κ2) is 7.23. The molecule has 3 rings (SSSR count). The molecular weight excluding hydrogens is 491 g/mol. The van der Waals surface area contributed by atoms with Crippen molar-refractivity contribution in [1.82, 2.24) is 9.55 Å². The summed E-state index contributed by atoms with van der Waals surface area (Å²) in [5, 5.41) is 0. The van der Waals surface area contributed by atoms with Gasteiger partial charge in [-0.25, -0.2) is 0 Å². The predicted octanol–water partition coefficient (Wildman–Crippen LogP) is 5.53. The summed E-state index contributed by atoms with van der Waals surface area (Å²) in [6.07, 6.45) is 3.74. The van der Waals surface area contributed by atoms with Crippen molar-refractivity contribution in [2.75, 3.05) is 0 Å². The maximum atomic E-state index is 14.0. The molecular formula is C21H22FIrN2-. The molecule has 2 nitrogen and oxygen atoms in total. The maximum Gasteiger partial charge on any atom is 0.0567 e. The Morgan fingerprint density at radius 3 is 2.36 bits per heavy atom.